The van der Waals surface area contributed by atoms with Crippen molar-refractivity contribution in [1.82, 2.24) is 21.5 Å². The molecule has 154 valence electrons. The summed E-state index contributed by atoms with van der Waals surface area (Å²) in [6.45, 7) is 6.78. The molecular formula is C20H30N4O3S. The molecule has 0 heterocycles. The number of carbonyl (C=O) groups is 2. The van der Waals surface area contributed by atoms with E-state index in [9.17, 15) is 9.59 Å². The Balaban J connectivity index is 1.69. The van der Waals surface area contributed by atoms with Gasteiger partial charge in [-0.15, -0.1) is 0 Å². The van der Waals surface area contributed by atoms with Crippen molar-refractivity contribution in [3.63, 3.8) is 0 Å². The Labute approximate surface area is 171 Å². The predicted octanol–water partition coefficient (Wildman–Crippen LogP) is 2.14. The Morgan fingerprint density at radius 1 is 1.14 bits per heavy atom. The van der Waals surface area contributed by atoms with Crippen LogP contribution in [0, 0.1) is 11.8 Å². The van der Waals surface area contributed by atoms with Crippen molar-refractivity contribution in [3.8, 4) is 5.75 Å². The van der Waals surface area contributed by atoms with E-state index in [4.69, 9.17) is 17.0 Å². The zero-order valence-electron chi connectivity index (χ0n) is 16.7. The van der Waals surface area contributed by atoms with E-state index in [-0.39, 0.29) is 18.4 Å². The zero-order chi connectivity index (χ0) is 20.5. The minimum absolute atomic E-state index is 0.154. The molecule has 1 aliphatic carbocycles. The Morgan fingerprint density at radius 3 is 2.54 bits per heavy atom. The lowest BCUT2D eigenvalue weighted by molar-refractivity contribution is -0.120. The second-order valence-corrected chi connectivity index (χ2v) is 7.57. The van der Waals surface area contributed by atoms with E-state index in [1.54, 1.807) is 24.3 Å². The second kappa shape index (κ2) is 10.8. The highest BCUT2D eigenvalue weighted by atomic mass is 32.1. The first-order chi connectivity index (χ1) is 13.4. The van der Waals surface area contributed by atoms with Gasteiger partial charge in [0.2, 0.25) is 0 Å². The molecule has 3 atom stereocenters. The summed E-state index contributed by atoms with van der Waals surface area (Å²) in [6.07, 6.45) is 3.49. The molecule has 1 aromatic carbocycles. The molecule has 1 saturated carbocycles. The molecule has 4 N–H and O–H groups in total. The van der Waals surface area contributed by atoms with Crippen molar-refractivity contribution in [2.24, 2.45) is 11.8 Å². The van der Waals surface area contributed by atoms with Crippen LogP contribution in [0.3, 0.4) is 0 Å². The van der Waals surface area contributed by atoms with Crippen molar-refractivity contribution < 1.29 is 14.3 Å². The van der Waals surface area contributed by atoms with Crippen LogP contribution in [0.25, 0.3) is 0 Å². The van der Waals surface area contributed by atoms with Crippen molar-refractivity contribution in [2.45, 2.75) is 46.1 Å². The number of benzene rings is 1. The zero-order valence-corrected chi connectivity index (χ0v) is 17.5. The van der Waals surface area contributed by atoms with Crippen molar-refractivity contribution >= 4 is 29.1 Å². The maximum atomic E-state index is 12.1. The van der Waals surface area contributed by atoms with Gasteiger partial charge in [0.1, 0.15) is 5.75 Å². The third kappa shape index (κ3) is 6.67. The number of amides is 2. The van der Waals surface area contributed by atoms with Crippen LogP contribution in [0.1, 0.15) is 50.4 Å². The molecule has 1 aromatic rings. The number of hydrogen-bond acceptors (Lipinski definition) is 4. The van der Waals surface area contributed by atoms with Gasteiger partial charge >= 0.3 is 0 Å². The smallest absolute Gasteiger partial charge is 0.257 e. The molecule has 0 unspecified atom stereocenters. The lowest BCUT2D eigenvalue weighted by Gasteiger charge is -2.35. The second-order valence-electron chi connectivity index (χ2n) is 7.16. The highest BCUT2D eigenvalue weighted by molar-refractivity contribution is 7.80. The van der Waals surface area contributed by atoms with Crippen LogP contribution in [0.15, 0.2) is 24.3 Å². The molecule has 8 heteroatoms. The fourth-order valence-electron chi connectivity index (χ4n) is 3.29. The quantitative estimate of drug-likeness (QED) is 0.427. The number of hydrogen-bond donors (Lipinski definition) is 4. The highest BCUT2D eigenvalue weighted by Crippen LogP contribution is 2.29. The maximum absolute atomic E-state index is 12.1. The van der Waals surface area contributed by atoms with E-state index in [0.29, 0.717) is 40.9 Å². The van der Waals surface area contributed by atoms with Crippen molar-refractivity contribution in [1.29, 1.82) is 0 Å². The average Bonchev–Trinajstić information content (AvgIpc) is 2.69. The normalized spacial score (nSPS) is 21.3. The SMILES string of the molecule is CCOc1ccc(C(=O)NCC(=O)NNC(=S)N[C@@H]2CCC[C@H](C)[C@@H]2C)cc1. The number of nitrogens with one attached hydrogen (secondary N) is 4. The van der Waals surface area contributed by atoms with Gasteiger partial charge in [-0.25, -0.2) is 0 Å². The molecule has 2 rings (SSSR count). The fourth-order valence-corrected chi connectivity index (χ4v) is 3.50. The van der Waals surface area contributed by atoms with E-state index in [2.05, 4.69) is 35.3 Å². The maximum Gasteiger partial charge on any atom is 0.257 e. The molecule has 2 amide bonds. The molecule has 1 fully saturated rings. The summed E-state index contributed by atoms with van der Waals surface area (Å²) >= 11 is 5.25. The molecule has 0 radical (unpaired) electrons. The molecule has 0 spiro atoms. The first-order valence-corrected chi connectivity index (χ1v) is 10.2. The summed E-state index contributed by atoms with van der Waals surface area (Å²) in [5.74, 6) is 1.17. The number of carbonyl (C=O) groups excluding carboxylic acids is 2. The van der Waals surface area contributed by atoms with Crippen LogP contribution in [0.4, 0.5) is 0 Å². The van der Waals surface area contributed by atoms with E-state index < -0.39 is 0 Å². The average molecular weight is 407 g/mol. The Bertz CT molecular complexity index is 681. The van der Waals surface area contributed by atoms with Gasteiger partial charge in [0, 0.05) is 11.6 Å². The summed E-state index contributed by atoms with van der Waals surface area (Å²) in [6, 6.07) is 7.05. The Hall–Kier alpha value is -2.35. The van der Waals surface area contributed by atoms with Gasteiger partial charge in [-0.3, -0.25) is 20.4 Å². The lowest BCUT2D eigenvalue weighted by atomic mass is 9.78. The molecule has 7 nitrogen and oxygen atoms in total. The summed E-state index contributed by atoms with van der Waals surface area (Å²) in [4.78, 5) is 24.0. The molecule has 0 bridgehead atoms. The fraction of sp³-hybridized carbons (Fsp3) is 0.550. The van der Waals surface area contributed by atoms with Gasteiger partial charge in [-0.2, -0.15) is 0 Å². The number of thiocarbonyl (C=S) groups is 1. The van der Waals surface area contributed by atoms with Crippen LogP contribution in [-0.2, 0) is 4.79 Å². The van der Waals surface area contributed by atoms with Crippen LogP contribution < -0.4 is 26.2 Å². The number of rotatable bonds is 6. The minimum Gasteiger partial charge on any atom is -0.494 e. The first-order valence-electron chi connectivity index (χ1n) is 9.77. The van der Waals surface area contributed by atoms with E-state index >= 15 is 0 Å². The van der Waals surface area contributed by atoms with Gasteiger partial charge in [-0.05, 0) is 61.7 Å². The van der Waals surface area contributed by atoms with Crippen molar-refractivity contribution in [3.05, 3.63) is 29.8 Å². The van der Waals surface area contributed by atoms with Crippen LogP contribution >= 0.6 is 12.2 Å². The number of ether oxygens (including phenoxy) is 1. The summed E-state index contributed by atoms with van der Waals surface area (Å²) in [5, 5.41) is 6.23. The largest absolute Gasteiger partial charge is 0.494 e. The van der Waals surface area contributed by atoms with E-state index in [0.717, 1.165) is 6.42 Å². The highest BCUT2D eigenvalue weighted by Gasteiger charge is 2.27. The summed E-state index contributed by atoms with van der Waals surface area (Å²) in [7, 11) is 0. The molecule has 0 aliphatic heterocycles. The monoisotopic (exact) mass is 406 g/mol. The molecule has 0 saturated heterocycles. The Kier molecular flexibility index (Phi) is 8.50. The topological polar surface area (TPSA) is 91.5 Å². The van der Waals surface area contributed by atoms with Gasteiger partial charge in [0.15, 0.2) is 5.11 Å². The standard InChI is InChI=1S/C20H30N4O3S/c1-4-27-16-10-8-15(9-11-16)19(26)21-12-18(25)23-24-20(28)22-17-7-5-6-13(2)14(17)3/h8-11,13-14,17H,4-7,12H2,1-3H3,(H,21,26)(H,23,25)(H2,22,24,28)/t13-,14-,17+/m0/s1. The van der Waals surface area contributed by atoms with Gasteiger partial charge in [0.25, 0.3) is 11.8 Å². The summed E-state index contributed by atoms with van der Waals surface area (Å²) < 4.78 is 5.34. The van der Waals surface area contributed by atoms with Crippen LogP contribution in [0.2, 0.25) is 0 Å². The van der Waals surface area contributed by atoms with Crippen LogP contribution in [0.5, 0.6) is 5.75 Å². The first kappa shape index (κ1) is 21.9. The van der Waals surface area contributed by atoms with Crippen LogP contribution in [-0.4, -0.2) is 36.1 Å². The van der Waals surface area contributed by atoms with Gasteiger partial charge in [-0.1, -0.05) is 26.7 Å². The summed E-state index contributed by atoms with van der Waals surface area (Å²) in [5.41, 5.74) is 5.67. The lowest BCUT2D eigenvalue weighted by Crippen LogP contribution is -2.53. The molecule has 1 aliphatic rings. The number of hydrazine groups is 1. The van der Waals surface area contributed by atoms with Gasteiger partial charge < -0.3 is 15.4 Å². The minimum atomic E-state index is -0.381. The van der Waals surface area contributed by atoms with E-state index in [1.807, 2.05) is 6.92 Å². The predicted molar refractivity (Wildman–Crippen MR) is 113 cm³/mol. The van der Waals surface area contributed by atoms with Gasteiger partial charge in [0.05, 0.1) is 13.2 Å². The Morgan fingerprint density at radius 2 is 1.86 bits per heavy atom. The molecule has 0 aromatic heterocycles. The molecular weight excluding hydrogens is 376 g/mol. The third-order valence-electron chi connectivity index (χ3n) is 5.18. The third-order valence-corrected chi connectivity index (χ3v) is 5.40. The molecule has 28 heavy (non-hydrogen) atoms. The van der Waals surface area contributed by atoms with Crippen molar-refractivity contribution in [2.75, 3.05) is 13.2 Å². The van der Waals surface area contributed by atoms with E-state index in [1.165, 1.54) is 12.8 Å².